The van der Waals surface area contributed by atoms with Crippen LogP contribution in [-0.2, 0) is 9.53 Å². The summed E-state index contributed by atoms with van der Waals surface area (Å²) >= 11 is 0. The van der Waals surface area contributed by atoms with E-state index in [1.165, 1.54) is 0 Å². The normalized spacial score (nSPS) is 10.4. The Balaban J connectivity index is 1.85. The van der Waals surface area contributed by atoms with Crippen molar-refractivity contribution >= 4 is 23.2 Å². The Morgan fingerprint density at radius 1 is 1.04 bits per heavy atom. The van der Waals surface area contributed by atoms with Crippen molar-refractivity contribution in [3.63, 3.8) is 0 Å². The Hall–Kier alpha value is -3.06. The standard InChI is InChI=1S/C21H27N3O4/c1-15(2)28-19-7-5-4-6-18(19)24-20(25)14-23-17-10-8-16(9-11-17)21(26)22-12-13-27-3/h4-11,15,23H,12-14H2,1-3H3,(H,22,26)(H,24,25). The zero-order chi connectivity index (χ0) is 20.4. The quantitative estimate of drug-likeness (QED) is 0.547. The van der Waals surface area contributed by atoms with E-state index >= 15 is 0 Å². The molecule has 0 bridgehead atoms. The Labute approximate surface area is 165 Å². The zero-order valence-corrected chi connectivity index (χ0v) is 16.5. The van der Waals surface area contributed by atoms with Gasteiger partial charge in [0.2, 0.25) is 5.91 Å². The van der Waals surface area contributed by atoms with Gasteiger partial charge in [0.15, 0.2) is 0 Å². The fourth-order valence-electron chi connectivity index (χ4n) is 2.41. The highest BCUT2D eigenvalue weighted by Gasteiger charge is 2.09. The lowest BCUT2D eigenvalue weighted by Gasteiger charge is -2.15. The van der Waals surface area contributed by atoms with Crippen LogP contribution in [0.3, 0.4) is 0 Å². The molecule has 3 N–H and O–H groups in total. The molecule has 0 aliphatic heterocycles. The Morgan fingerprint density at radius 3 is 2.43 bits per heavy atom. The maximum absolute atomic E-state index is 12.2. The number of benzene rings is 2. The van der Waals surface area contributed by atoms with Gasteiger partial charge in [0.1, 0.15) is 5.75 Å². The molecule has 2 aromatic rings. The minimum absolute atomic E-state index is 0.0152. The van der Waals surface area contributed by atoms with E-state index in [0.717, 1.165) is 5.69 Å². The zero-order valence-electron chi connectivity index (χ0n) is 16.5. The van der Waals surface area contributed by atoms with Crippen LogP contribution >= 0.6 is 0 Å². The van der Waals surface area contributed by atoms with E-state index < -0.39 is 0 Å². The van der Waals surface area contributed by atoms with Crippen molar-refractivity contribution in [1.82, 2.24) is 5.32 Å². The van der Waals surface area contributed by atoms with Crippen molar-refractivity contribution < 1.29 is 19.1 Å². The van der Waals surface area contributed by atoms with Gasteiger partial charge in [-0.1, -0.05) is 12.1 Å². The largest absolute Gasteiger partial charge is 0.489 e. The van der Waals surface area contributed by atoms with Crippen LogP contribution in [0.5, 0.6) is 5.75 Å². The van der Waals surface area contributed by atoms with Gasteiger partial charge in [-0.05, 0) is 50.2 Å². The second kappa shape index (κ2) is 10.9. The molecule has 7 nitrogen and oxygen atoms in total. The number of anilines is 2. The fourth-order valence-corrected chi connectivity index (χ4v) is 2.41. The van der Waals surface area contributed by atoms with Crippen LogP contribution in [0.1, 0.15) is 24.2 Å². The highest BCUT2D eigenvalue weighted by Crippen LogP contribution is 2.24. The number of hydrogen-bond acceptors (Lipinski definition) is 5. The van der Waals surface area contributed by atoms with Crippen LogP contribution in [0.15, 0.2) is 48.5 Å². The van der Waals surface area contributed by atoms with E-state index in [0.29, 0.717) is 30.2 Å². The van der Waals surface area contributed by atoms with Gasteiger partial charge in [-0.3, -0.25) is 9.59 Å². The van der Waals surface area contributed by atoms with Gasteiger partial charge in [0.05, 0.1) is 24.9 Å². The third-order valence-electron chi connectivity index (χ3n) is 3.72. The first kappa shape index (κ1) is 21.2. The van der Waals surface area contributed by atoms with Crippen LogP contribution in [-0.4, -0.2) is 44.7 Å². The minimum Gasteiger partial charge on any atom is -0.489 e. The maximum Gasteiger partial charge on any atom is 0.251 e. The molecule has 2 amide bonds. The topological polar surface area (TPSA) is 88.7 Å². The molecule has 0 saturated carbocycles. The average molecular weight is 385 g/mol. The fraction of sp³-hybridized carbons (Fsp3) is 0.333. The smallest absolute Gasteiger partial charge is 0.251 e. The first-order chi connectivity index (χ1) is 13.5. The second-order valence-electron chi connectivity index (χ2n) is 6.39. The Bertz CT molecular complexity index is 775. The molecule has 0 heterocycles. The number of ether oxygens (including phenoxy) is 2. The molecule has 0 fully saturated rings. The molecule has 2 aromatic carbocycles. The summed E-state index contributed by atoms with van der Waals surface area (Å²) in [6.45, 7) is 4.88. The minimum atomic E-state index is -0.193. The third kappa shape index (κ3) is 6.92. The number of para-hydroxylation sites is 2. The summed E-state index contributed by atoms with van der Waals surface area (Å²) in [7, 11) is 1.58. The van der Waals surface area contributed by atoms with E-state index in [1.807, 2.05) is 32.0 Å². The number of amides is 2. The van der Waals surface area contributed by atoms with Crippen molar-refractivity contribution in [1.29, 1.82) is 0 Å². The molecular formula is C21H27N3O4. The molecule has 28 heavy (non-hydrogen) atoms. The average Bonchev–Trinajstić information content (AvgIpc) is 2.68. The van der Waals surface area contributed by atoms with Crippen LogP contribution in [0.25, 0.3) is 0 Å². The lowest BCUT2D eigenvalue weighted by Crippen LogP contribution is -2.26. The van der Waals surface area contributed by atoms with Crippen molar-refractivity contribution in [2.24, 2.45) is 0 Å². The molecule has 0 saturated heterocycles. The molecule has 2 rings (SSSR count). The van der Waals surface area contributed by atoms with Gasteiger partial charge in [-0.15, -0.1) is 0 Å². The Morgan fingerprint density at radius 2 is 1.75 bits per heavy atom. The van der Waals surface area contributed by atoms with E-state index in [9.17, 15) is 9.59 Å². The summed E-state index contributed by atoms with van der Waals surface area (Å²) in [5.74, 6) is 0.277. The first-order valence-electron chi connectivity index (χ1n) is 9.16. The summed E-state index contributed by atoms with van der Waals surface area (Å²) in [5.41, 5.74) is 1.92. The van der Waals surface area contributed by atoms with Gasteiger partial charge in [0, 0.05) is 24.9 Å². The monoisotopic (exact) mass is 385 g/mol. The molecular weight excluding hydrogens is 358 g/mol. The SMILES string of the molecule is COCCNC(=O)c1ccc(NCC(=O)Nc2ccccc2OC(C)C)cc1. The highest BCUT2D eigenvalue weighted by molar-refractivity contribution is 5.96. The predicted molar refractivity (Wildman–Crippen MR) is 110 cm³/mol. The molecule has 0 radical (unpaired) electrons. The summed E-state index contributed by atoms with van der Waals surface area (Å²) in [6.07, 6.45) is 0.0152. The summed E-state index contributed by atoms with van der Waals surface area (Å²) in [5, 5.41) is 8.64. The predicted octanol–water partition coefficient (Wildman–Crippen LogP) is 2.90. The van der Waals surface area contributed by atoms with Crippen molar-refractivity contribution in [3.8, 4) is 5.75 Å². The van der Waals surface area contributed by atoms with Crippen molar-refractivity contribution in [2.75, 3.05) is 37.4 Å². The highest BCUT2D eigenvalue weighted by atomic mass is 16.5. The van der Waals surface area contributed by atoms with E-state index in [1.54, 1.807) is 37.4 Å². The van der Waals surface area contributed by atoms with Gasteiger partial charge >= 0.3 is 0 Å². The lowest BCUT2D eigenvalue weighted by atomic mass is 10.2. The third-order valence-corrected chi connectivity index (χ3v) is 3.72. The molecule has 7 heteroatoms. The van der Waals surface area contributed by atoms with E-state index in [2.05, 4.69) is 16.0 Å². The van der Waals surface area contributed by atoms with Crippen LogP contribution in [0.4, 0.5) is 11.4 Å². The number of methoxy groups -OCH3 is 1. The molecule has 0 aliphatic carbocycles. The Kier molecular flexibility index (Phi) is 8.30. The van der Waals surface area contributed by atoms with Gasteiger partial charge in [0.25, 0.3) is 5.91 Å². The maximum atomic E-state index is 12.2. The lowest BCUT2D eigenvalue weighted by molar-refractivity contribution is -0.114. The van der Waals surface area contributed by atoms with E-state index in [4.69, 9.17) is 9.47 Å². The van der Waals surface area contributed by atoms with Crippen LogP contribution < -0.4 is 20.7 Å². The molecule has 0 unspecified atom stereocenters. The number of nitrogens with one attached hydrogen (secondary N) is 3. The van der Waals surface area contributed by atoms with Gasteiger partial charge < -0.3 is 25.4 Å². The molecule has 0 spiro atoms. The summed E-state index contributed by atoms with van der Waals surface area (Å²) in [4.78, 5) is 24.2. The molecule has 150 valence electrons. The number of rotatable bonds is 10. The number of carbonyl (C=O) groups excluding carboxylic acids is 2. The molecule has 0 aliphatic rings. The first-order valence-corrected chi connectivity index (χ1v) is 9.16. The van der Waals surface area contributed by atoms with Crippen molar-refractivity contribution in [2.45, 2.75) is 20.0 Å². The second-order valence-corrected chi connectivity index (χ2v) is 6.39. The van der Waals surface area contributed by atoms with Crippen LogP contribution in [0.2, 0.25) is 0 Å². The van der Waals surface area contributed by atoms with Gasteiger partial charge in [-0.2, -0.15) is 0 Å². The summed E-state index contributed by atoms with van der Waals surface area (Å²) < 4.78 is 10.6. The molecule has 0 aromatic heterocycles. The van der Waals surface area contributed by atoms with Gasteiger partial charge in [-0.25, -0.2) is 0 Å². The molecule has 0 atom stereocenters. The van der Waals surface area contributed by atoms with Crippen molar-refractivity contribution in [3.05, 3.63) is 54.1 Å². The van der Waals surface area contributed by atoms with E-state index in [-0.39, 0.29) is 24.5 Å². The van der Waals surface area contributed by atoms with Crippen LogP contribution in [0, 0.1) is 0 Å². The number of hydrogen-bond donors (Lipinski definition) is 3. The summed E-state index contributed by atoms with van der Waals surface area (Å²) in [6, 6.07) is 14.2. The number of carbonyl (C=O) groups is 2.